The molecule has 0 bridgehead atoms. The molecule has 0 unspecified atom stereocenters. The molecule has 39 heavy (non-hydrogen) atoms. The fourth-order valence-electron chi connectivity index (χ4n) is 6.26. The number of fused-ring (bicyclic) bond motifs is 9. The van der Waals surface area contributed by atoms with E-state index in [1.165, 1.54) is 59.4 Å². The van der Waals surface area contributed by atoms with Crippen LogP contribution in [0.1, 0.15) is 0 Å². The summed E-state index contributed by atoms with van der Waals surface area (Å²) in [5.41, 5.74) is 8.14. The van der Waals surface area contributed by atoms with Gasteiger partial charge in [-0.3, -0.25) is 0 Å². The van der Waals surface area contributed by atoms with Crippen molar-refractivity contribution in [2.75, 3.05) is 0 Å². The molecule has 0 aliphatic heterocycles. The number of nitrogens with zero attached hydrogens (tertiary/aromatic N) is 4. The molecule has 9 rings (SSSR count). The van der Waals surface area contributed by atoms with Crippen molar-refractivity contribution < 1.29 is 0 Å². The molecular weight excluding hydrogens is 496 g/mol. The van der Waals surface area contributed by atoms with E-state index in [4.69, 9.17) is 0 Å². The zero-order chi connectivity index (χ0) is 25.5. The lowest BCUT2D eigenvalue weighted by Crippen LogP contribution is -1.97. The Hall–Kier alpha value is -5.00. The van der Waals surface area contributed by atoms with E-state index >= 15 is 0 Å². The first kappa shape index (κ1) is 21.0. The fraction of sp³-hybridized carbons (Fsp3) is 0. The van der Waals surface area contributed by atoms with E-state index in [1.54, 1.807) is 17.7 Å². The summed E-state index contributed by atoms with van der Waals surface area (Å²) in [7, 11) is 0. The molecule has 0 amide bonds. The molecule has 0 fully saturated rings. The summed E-state index contributed by atoms with van der Waals surface area (Å²) in [6.07, 6.45) is 3.56. The molecule has 0 radical (unpaired) electrons. The topological polar surface area (TPSA) is 35.6 Å². The summed E-state index contributed by atoms with van der Waals surface area (Å²) in [4.78, 5) is 8.89. The molecule has 182 valence electrons. The van der Waals surface area contributed by atoms with Crippen LogP contribution in [0, 0.1) is 0 Å². The normalized spacial score (nSPS) is 12.1. The molecule has 0 spiro atoms. The summed E-state index contributed by atoms with van der Waals surface area (Å²) in [6.45, 7) is 0. The number of para-hydroxylation sites is 3. The minimum atomic E-state index is 1.01. The number of thiophene rings is 1. The number of hydrogen-bond donors (Lipinski definition) is 0. The molecule has 4 heterocycles. The van der Waals surface area contributed by atoms with Gasteiger partial charge in [0.05, 0.1) is 42.7 Å². The first-order chi connectivity index (χ1) is 19.4. The first-order valence-corrected chi connectivity index (χ1v) is 13.8. The maximum atomic E-state index is 4.61. The molecule has 9 aromatic rings. The first-order valence-electron chi connectivity index (χ1n) is 13.0. The summed E-state index contributed by atoms with van der Waals surface area (Å²) < 4.78 is 7.14. The van der Waals surface area contributed by atoms with Gasteiger partial charge in [-0.05, 0) is 36.4 Å². The SMILES string of the molecule is c1cc(-n2c3ccccc3c3ccc(-n4c5ccccc5c5ccccc54)cc32)c2sc3cncnc3c2c1. The second-order valence-electron chi connectivity index (χ2n) is 9.92. The molecule has 0 aliphatic rings. The molecule has 4 aromatic heterocycles. The Morgan fingerprint density at radius 1 is 0.538 bits per heavy atom. The van der Waals surface area contributed by atoms with Gasteiger partial charge >= 0.3 is 0 Å². The van der Waals surface area contributed by atoms with E-state index in [2.05, 4.69) is 128 Å². The fourth-order valence-corrected chi connectivity index (χ4v) is 7.39. The van der Waals surface area contributed by atoms with Crippen molar-refractivity contribution in [3.05, 3.63) is 122 Å². The lowest BCUT2D eigenvalue weighted by molar-refractivity contribution is 1.16. The second kappa shape index (κ2) is 7.76. The molecule has 0 N–H and O–H groups in total. The van der Waals surface area contributed by atoms with E-state index in [1.807, 2.05) is 6.20 Å². The van der Waals surface area contributed by atoms with Crippen molar-refractivity contribution in [2.45, 2.75) is 0 Å². The van der Waals surface area contributed by atoms with Crippen molar-refractivity contribution >= 4 is 75.3 Å². The van der Waals surface area contributed by atoms with E-state index in [0.717, 1.165) is 15.9 Å². The third-order valence-electron chi connectivity index (χ3n) is 7.88. The van der Waals surface area contributed by atoms with Gasteiger partial charge in [0, 0.05) is 38.8 Å². The standard InChI is InChI=1S/C34H20N4S/c1-4-12-27-22(8-1)23-9-2-5-13-28(23)37(27)21-16-17-25-24-10-3-6-14-29(24)38(31(25)18-21)30-15-7-11-26-33-32(39-34(26)30)19-35-20-36-33/h1-20H. The van der Waals surface area contributed by atoms with Gasteiger partial charge in [0.2, 0.25) is 0 Å². The summed E-state index contributed by atoms with van der Waals surface area (Å²) in [5.74, 6) is 0. The molecule has 5 aromatic carbocycles. The Labute approximate surface area is 227 Å². The van der Waals surface area contributed by atoms with Gasteiger partial charge in [-0.25, -0.2) is 9.97 Å². The van der Waals surface area contributed by atoms with Crippen molar-refractivity contribution in [1.82, 2.24) is 19.1 Å². The predicted octanol–water partition coefficient (Wildman–Crippen LogP) is 9.04. The molecular formula is C34H20N4S. The highest BCUT2D eigenvalue weighted by molar-refractivity contribution is 7.26. The number of rotatable bonds is 2. The molecule has 0 saturated carbocycles. The quantitative estimate of drug-likeness (QED) is 0.230. The number of hydrogen-bond acceptors (Lipinski definition) is 3. The average Bonchev–Trinajstić information content (AvgIpc) is 3.65. The maximum Gasteiger partial charge on any atom is 0.116 e. The largest absolute Gasteiger partial charge is 0.309 e. The molecule has 0 saturated heterocycles. The third-order valence-corrected chi connectivity index (χ3v) is 9.03. The zero-order valence-corrected chi connectivity index (χ0v) is 21.6. The summed E-state index contributed by atoms with van der Waals surface area (Å²) >= 11 is 1.76. The van der Waals surface area contributed by atoms with Crippen LogP contribution in [-0.2, 0) is 0 Å². The molecule has 5 heteroatoms. The number of aromatic nitrogens is 4. The van der Waals surface area contributed by atoms with E-state index < -0.39 is 0 Å². The minimum Gasteiger partial charge on any atom is -0.309 e. The van der Waals surface area contributed by atoms with Crippen LogP contribution in [0.3, 0.4) is 0 Å². The van der Waals surface area contributed by atoms with Crippen molar-refractivity contribution in [3.8, 4) is 11.4 Å². The Morgan fingerprint density at radius 2 is 1.15 bits per heavy atom. The highest BCUT2D eigenvalue weighted by Gasteiger charge is 2.18. The van der Waals surface area contributed by atoms with E-state index in [-0.39, 0.29) is 0 Å². The maximum absolute atomic E-state index is 4.61. The van der Waals surface area contributed by atoms with Crippen LogP contribution >= 0.6 is 11.3 Å². The van der Waals surface area contributed by atoms with Gasteiger partial charge in [0.15, 0.2) is 0 Å². The second-order valence-corrected chi connectivity index (χ2v) is 11.0. The lowest BCUT2D eigenvalue weighted by Gasteiger charge is -2.12. The van der Waals surface area contributed by atoms with Crippen LogP contribution in [0.15, 0.2) is 122 Å². The molecule has 0 atom stereocenters. The zero-order valence-electron chi connectivity index (χ0n) is 20.7. The Morgan fingerprint density at radius 3 is 1.87 bits per heavy atom. The highest BCUT2D eigenvalue weighted by atomic mass is 32.1. The van der Waals surface area contributed by atoms with Crippen LogP contribution < -0.4 is 0 Å². The van der Waals surface area contributed by atoms with Gasteiger partial charge in [0.25, 0.3) is 0 Å². The van der Waals surface area contributed by atoms with Crippen LogP contribution in [0.25, 0.3) is 75.3 Å². The molecule has 4 nitrogen and oxygen atoms in total. The lowest BCUT2D eigenvalue weighted by atomic mass is 10.1. The van der Waals surface area contributed by atoms with Gasteiger partial charge in [-0.2, -0.15) is 0 Å². The van der Waals surface area contributed by atoms with Crippen LogP contribution in [-0.4, -0.2) is 19.1 Å². The van der Waals surface area contributed by atoms with Crippen molar-refractivity contribution in [3.63, 3.8) is 0 Å². The van der Waals surface area contributed by atoms with Crippen LogP contribution in [0.5, 0.6) is 0 Å². The highest BCUT2D eigenvalue weighted by Crippen LogP contribution is 2.41. The van der Waals surface area contributed by atoms with E-state index in [0.29, 0.717) is 0 Å². The predicted molar refractivity (Wildman–Crippen MR) is 164 cm³/mol. The Balaban J connectivity index is 1.42. The van der Waals surface area contributed by atoms with Gasteiger partial charge < -0.3 is 9.13 Å². The Kier molecular flexibility index (Phi) is 4.18. The smallest absolute Gasteiger partial charge is 0.116 e. The minimum absolute atomic E-state index is 1.01. The van der Waals surface area contributed by atoms with Gasteiger partial charge in [-0.1, -0.05) is 72.8 Å². The van der Waals surface area contributed by atoms with Crippen LogP contribution in [0.4, 0.5) is 0 Å². The van der Waals surface area contributed by atoms with Crippen LogP contribution in [0.2, 0.25) is 0 Å². The van der Waals surface area contributed by atoms with Gasteiger partial charge in [0.1, 0.15) is 6.33 Å². The average molecular weight is 517 g/mol. The summed E-state index contributed by atoms with van der Waals surface area (Å²) in [6, 6.07) is 39.5. The monoisotopic (exact) mass is 516 g/mol. The third kappa shape index (κ3) is 2.82. The Bertz CT molecular complexity index is 2350. The van der Waals surface area contributed by atoms with Gasteiger partial charge in [-0.15, -0.1) is 11.3 Å². The van der Waals surface area contributed by atoms with Crippen molar-refractivity contribution in [1.29, 1.82) is 0 Å². The molecule has 0 aliphatic carbocycles. The number of benzene rings is 5. The van der Waals surface area contributed by atoms with Crippen molar-refractivity contribution in [2.24, 2.45) is 0 Å². The summed E-state index contributed by atoms with van der Waals surface area (Å²) in [5, 5.41) is 6.20. The van der Waals surface area contributed by atoms with E-state index in [9.17, 15) is 0 Å².